The van der Waals surface area contributed by atoms with E-state index in [2.05, 4.69) is 5.32 Å². The number of nitrogens with zero attached hydrogens (tertiary/aromatic N) is 1. The summed E-state index contributed by atoms with van der Waals surface area (Å²) in [5.41, 5.74) is 3.27. The van der Waals surface area contributed by atoms with Gasteiger partial charge in [0.1, 0.15) is 5.82 Å². The number of anilines is 1. The van der Waals surface area contributed by atoms with Gasteiger partial charge in [0.2, 0.25) is 0 Å². The number of hydrogen-bond acceptors (Lipinski definition) is 2. The van der Waals surface area contributed by atoms with Crippen LogP contribution in [0.4, 0.5) is 10.1 Å². The van der Waals surface area contributed by atoms with Crippen molar-refractivity contribution in [2.24, 2.45) is 0 Å². The Labute approximate surface area is 142 Å². The Morgan fingerprint density at radius 3 is 2.79 bits per heavy atom. The van der Waals surface area contributed by atoms with Gasteiger partial charge < -0.3 is 10.2 Å². The van der Waals surface area contributed by atoms with Gasteiger partial charge in [0.15, 0.2) is 0 Å². The zero-order valence-corrected chi connectivity index (χ0v) is 14.2. The van der Waals surface area contributed by atoms with Crippen LogP contribution in [0.2, 0.25) is 0 Å². The minimum Gasteiger partial charge on any atom is -0.378 e. The average Bonchev–Trinajstić information content (AvgIpc) is 2.58. The van der Waals surface area contributed by atoms with E-state index in [9.17, 15) is 9.18 Å². The number of benzene rings is 2. The summed E-state index contributed by atoms with van der Waals surface area (Å²) >= 11 is 0. The minimum absolute atomic E-state index is 0.0596. The number of carbonyl (C=O) groups is 1. The number of aryl methyl sites for hydroxylation is 2. The molecular weight excluding hydrogens is 303 g/mol. The molecule has 1 heterocycles. The van der Waals surface area contributed by atoms with Crippen molar-refractivity contribution in [1.82, 2.24) is 4.90 Å². The molecule has 0 radical (unpaired) electrons. The summed E-state index contributed by atoms with van der Waals surface area (Å²) in [7, 11) is 0. The largest absolute Gasteiger partial charge is 0.378 e. The molecule has 1 aliphatic rings. The lowest BCUT2D eigenvalue weighted by Crippen LogP contribution is -2.45. The number of halogens is 1. The predicted octanol–water partition coefficient (Wildman–Crippen LogP) is 4.16. The van der Waals surface area contributed by atoms with Gasteiger partial charge in [0.05, 0.1) is 5.69 Å². The van der Waals surface area contributed by atoms with E-state index in [1.807, 2.05) is 49.1 Å². The van der Waals surface area contributed by atoms with E-state index in [1.54, 1.807) is 6.07 Å². The van der Waals surface area contributed by atoms with Crippen LogP contribution in [0, 0.1) is 19.7 Å². The molecule has 0 spiro atoms. The molecule has 4 heteroatoms. The fourth-order valence-electron chi connectivity index (χ4n) is 3.23. The quantitative estimate of drug-likeness (QED) is 0.918. The molecule has 24 heavy (non-hydrogen) atoms. The van der Waals surface area contributed by atoms with Crippen LogP contribution in [-0.2, 0) is 0 Å². The van der Waals surface area contributed by atoms with Crippen LogP contribution in [0.25, 0.3) is 0 Å². The zero-order valence-electron chi connectivity index (χ0n) is 14.2. The molecule has 1 amide bonds. The summed E-state index contributed by atoms with van der Waals surface area (Å²) in [6, 6.07) is 12.8. The SMILES string of the molecule is Cc1ccc(F)c(N[C@H]2CCCN(C(=O)c3ccccc3C)C2)c1. The minimum atomic E-state index is -0.247. The molecule has 1 N–H and O–H groups in total. The first-order valence-corrected chi connectivity index (χ1v) is 8.42. The third kappa shape index (κ3) is 3.58. The Bertz CT molecular complexity index is 744. The van der Waals surface area contributed by atoms with E-state index in [4.69, 9.17) is 0 Å². The highest BCUT2D eigenvalue weighted by atomic mass is 19.1. The average molecular weight is 326 g/mol. The monoisotopic (exact) mass is 326 g/mol. The molecule has 1 atom stereocenters. The van der Waals surface area contributed by atoms with E-state index in [0.717, 1.165) is 36.1 Å². The zero-order chi connectivity index (χ0) is 17.1. The first-order chi connectivity index (χ1) is 11.5. The Balaban J connectivity index is 1.71. The fourth-order valence-corrected chi connectivity index (χ4v) is 3.23. The van der Waals surface area contributed by atoms with E-state index in [1.165, 1.54) is 6.07 Å². The van der Waals surface area contributed by atoms with E-state index in [0.29, 0.717) is 12.2 Å². The van der Waals surface area contributed by atoms with Gasteiger partial charge in [0.25, 0.3) is 5.91 Å². The van der Waals surface area contributed by atoms with Gasteiger partial charge in [-0.25, -0.2) is 4.39 Å². The summed E-state index contributed by atoms with van der Waals surface area (Å²) in [5.74, 6) is -0.188. The van der Waals surface area contributed by atoms with E-state index >= 15 is 0 Å². The Morgan fingerprint density at radius 2 is 2.00 bits per heavy atom. The van der Waals surface area contributed by atoms with Gasteiger partial charge in [-0.15, -0.1) is 0 Å². The molecule has 1 aliphatic heterocycles. The molecular formula is C20H23FN2O. The van der Waals surface area contributed by atoms with Crippen LogP contribution in [0.3, 0.4) is 0 Å². The van der Waals surface area contributed by atoms with Crippen LogP contribution < -0.4 is 5.32 Å². The van der Waals surface area contributed by atoms with Crippen molar-refractivity contribution in [3.63, 3.8) is 0 Å². The number of nitrogens with one attached hydrogen (secondary N) is 1. The molecule has 1 fully saturated rings. The van der Waals surface area contributed by atoms with Crippen LogP contribution in [0.5, 0.6) is 0 Å². The van der Waals surface area contributed by atoms with Crippen LogP contribution in [0.15, 0.2) is 42.5 Å². The number of rotatable bonds is 3. The van der Waals surface area contributed by atoms with Gasteiger partial charge in [-0.05, 0) is 56.0 Å². The number of carbonyl (C=O) groups excluding carboxylic acids is 1. The molecule has 1 saturated heterocycles. The summed E-state index contributed by atoms with van der Waals surface area (Å²) < 4.78 is 14.0. The summed E-state index contributed by atoms with van der Waals surface area (Å²) in [5, 5.41) is 3.27. The molecule has 0 aromatic heterocycles. The summed E-state index contributed by atoms with van der Waals surface area (Å²) in [6.45, 7) is 5.25. The molecule has 3 nitrogen and oxygen atoms in total. The molecule has 2 aromatic rings. The van der Waals surface area contributed by atoms with Crippen LogP contribution >= 0.6 is 0 Å². The first-order valence-electron chi connectivity index (χ1n) is 8.42. The number of hydrogen-bond donors (Lipinski definition) is 1. The Hall–Kier alpha value is -2.36. The van der Waals surface area contributed by atoms with Crippen molar-refractivity contribution < 1.29 is 9.18 Å². The number of likely N-dealkylation sites (tertiary alicyclic amines) is 1. The summed E-state index contributed by atoms with van der Waals surface area (Å²) in [6.07, 6.45) is 1.85. The van der Waals surface area contributed by atoms with Crippen molar-refractivity contribution in [2.75, 3.05) is 18.4 Å². The normalized spacial score (nSPS) is 17.6. The lowest BCUT2D eigenvalue weighted by Gasteiger charge is -2.34. The maximum Gasteiger partial charge on any atom is 0.254 e. The van der Waals surface area contributed by atoms with Gasteiger partial charge in [-0.2, -0.15) is 0 Å². The predicted molar refractivity (Wildman–Crippen MR) is 94.9 cm³/mol. The Morgan fingerprint density at radius 1 is 1.21 bits per heavy atom. The van der Waals surface area contributed by atoms with Crippen molar-refractivity contribution in [3.8, 4) is 0 Å². The van der Waals surface area contributed by atoms with Crippen LogP contribution in [0.1, 0.15) is 34.3 Å². The van der Waals surface area contributed by atoms with Crippen molar-refractivity contribution in [1.29, 1.82) is 0 Å². The second-order valence-corrected chi connectivity index (χ2v) is 6.53. The standard InChI is InChI=1S/C20H23FN2O/c1-14-9-10-18(21)19(12-14)22-16-7-5-11-23(13-16)20(24)17-8-4-3-6-15(17)2/h3-4,6,8-10,12,16,22H,5,7,11,13H2,1-2H3/t16-/m0/s1. The smallest absolute Gasteiger partial charge is 0.254 e. The number of piperidine rings is 1. The molecule has 0 bridgehead atoms. The Kier molecular flexibility index (Phi) is 4.84. The maximum atomic E-state index is 14.0. The van der Waals surface area contributed by atoms with Gasteiger partial charge in [0, 0.05) is 24.7 Å². The maximum absolute atomic E-state index is 14.0. The van der Waals surface area contributed by atoms with Gasteiger partial charge in [-0.3, -0.25) is 4.79 Å². The van der Waals surface area contributed by atoms with Gasteiger partial charge >= 0.3 is 0 Å². The van der Waals surface area contributed by atoms with E-state index in [-0.39, 0.29) is 17.8 Å². The van der Waals surface area contributed by atoms with E-state index < -0.39 is 0 Å². The molecule has 126 valence electrons. The molecule has 2 aromatic carbocycles. The summed E-state index contributed by atoms with van der Waals surface area (Å²) in [4.78, 5) is 14.6. The second kappa shape index (κ2) is 7.04. The second-order valence-electron chi connectivity index (χ2n) is 6.53. The van der Waals surface area contributed by atoms with Gasteiger partial charge in [-0.1, -0.05) is 24.3 Å². The molecule has 0 unspecified atom stereocenters. The van der Waals surface area contributed by atoms with Crippen LogP contribution in [-0.4, -0.2) is 29.9 Å². The molecule has 0 aliphatic carbocycles. The van der Waals surface area contributed by atoms with Crippen molar-refractivity contribution in [2.45, 2.75) is 32.7 Å². The van der Waals surface area contributed by atoms with Crippen molar-refractivity contribution in [3.05, 3.63) is 65.0 Å². The highest BCUT2D eigenvalue weighted by Crippen LogP contribution is 2.22. The first kappa shape index (κ1) is 16.5. The highest BCUT2D eigenvalue weighted by Gasteiger charge is 2.25. The molecule has 3 rings (SSSR count). The fraction of sp³-hybridized carbons (Fsp3) is 0.350. The third-order valence-electron chi connectivity index (χ3n) is 4.57. The topological polar surface area (TPSA) is 32.3 Å². The molecule has 0 saturated carbocycles. The third-order valence-corrected chi connectivity index (χ3v) is 4.57. The van der Waals surface area contributed by atoms with Crippen molar-refractivity contribution >= 4 is 11.6 Å². The lowest BCUT2D eigenvalue weighted by molar-refractivity contribution is 0.0714. The lowest BCUT2D eigenvalue weighted by atomic mass is 10.0. The highest BCUT2D eigenvalue weighted by molar-refractivity contribution is 5.95. The number of amides is 1.